The van der Waals surface area contributed by atoms with E-state index in [1.54, 1.807) is 0 Å². The highest BCUT2D eigenvalue weighted by molar-refractivity contribution is 6.30. The minimum Gasteiger partial charge on any atom is -0.303 e. The fourth-order valence-corrected chi connectivity index (χ4v) is 4.56. The molecule has 1 aromatic carbocycles. The lowest BCUT2D eigenvalue weighted by Gasteiger charge is -2.28. The monoisotopic (exact) mass is 342 g/mol. The summed E-state index contributed by atoms with van der Waals surface area (Å²) in [5, 5.41) is 5.59. The van der Waals surface area contributed by atoms with Gasteiger partial charge in [-0.2, -0.15) is 5.10 Å². The number of aldehydes is 1. The molecule has 0 amide bonds. The van der Waals surface area contributed by atoms with Gasteiger partial charge in [0.25, 0.3) is 0 Å². The van der Waals surface area contributed by atoms with E-state index in [4.69, 9.17) is 16.7 Å². The number of halogens is 1. The fourth-order valence-electron chi connectivity index (χ4n) is 4.43. The summed E-state index contributed by atoms with van der Waals surface area (Å²) in [5.74, 6) is 0.430. The van der Waals surface area contributed by atoms with E-state index >= 15 is 0 Å². The Morgan fingerprint density at radius 1 is 1.08 bits per heavy atom. The van der Waals surface area contributed by atoms with Crippen LogP contribution in [-0.2, 0) is 17.6 Å². The van der Waals surface area contributed by atoms with Gasteiger partial charge in [0.05, 0.1) is 23.0 Å². The van der Waals surface area contributed by atoms with Gasteiger partial charge >= 0.3 is 0 Å². The molecular weight excluding hydrogens is 320 g/mol. The first-order valence-corrected chi connectivity index (χ1v) is 9.47. The van der Waals surface area contributed by atoms with Crippen LogP contribution >= 0.6 is 11.6 Å². The Kier molecular flexibility index (Phi) is 4.45. The molecule has 1 aromatic heterocycles. The highest BCUT2D eigenvalue weighted by Gasteiger charge is 2.33. The molecule has 1 atom stereocenters. The van der Waals surface area contributed by atoms with Crippen LogP contribution in [0.4, 0.5) is 0 Å². The SMILES string of the molecule is O=CC(c1c2c(nn1-c1ccc(Cl)cc1)CCC2)C1CCCCC1. The first-order valence-electron chi connectivity index (χ1n) is 9.10. The third-order valence-corrected chi connectivity index (χ3v) is 5.89. The highest BCUT2D eigenvalue weighted by atomic mass is 35.5. The minimum absolute atomic E-state index is 0.0321. The van der Waals surface area contributed by atoms with Crippen molar-refractivity contribution in [3.05, 3.63) is 46.2 Å². The largest absolute Gasteiger partial charge is 0.303 e. The molecule has 0 bridgehead atoms. The third-order valence-electron chi connectivity index (χ3n) is 5.64. The van der Waals surface area contributed by atoms with Gasteiger partial charge in [0.2, 0.25) is 0 Å². The van der Waals surface area contributed by atoms with Gasteiger partial charge < -0.3 is 4.79 Å². The van der Waals surface area contributed by atoms with E-state index in [-0.39, 0.29) is 5.92 Å². The van der Waals surface area contributed by atoms with Gasteiger partial charge in [-0.15, -0.1) is 0 Å². The van der Waals surface area contributed by atoms with E-state index in [1.165, 1.54) is 36.8 Å². The smallest absolute Gasteiger partial charge is 0.129 e. The molecule has 126 valence electrons. The maximum atomic E-state index is 12.1. The summed E-state index contributed by atoms with van der Waals surface area (Å²) in [5.41, 5.74) is 4.66. The molecule has 3 nitrogen and oxygen atoms in total. The average molecular weight is 343 g/mol. The fraction of sp³-hybridized carbons (Fsp3) is 0.500. The van der Waals surface area contributed by atoms with Gasteiger partial charge in [0, 0.05) is 5.02 Å². The summed E-state index contributed by atoms with van der Waals surface area (Å²) in [7, 11) is 0. The number of carbonyl (C=O) groups excluding carboxylic acids is 1. The van der Waals surface area contributed by atoms with Crippen molar-refractivity contribution in [2.45, 2.75) is 57.3 Å². The van der Waals surface area contributed by atoms with Crippen LogP contribution in [0.5, 0.6) is 0 Å². The molecule has 1 saturated carbocycles. The summed E-state index contributed by atoms with van der Waals surface area (Å²) in [6.45, 7) is 0. The molecule has 4 rings (SSSR count). The summed E-state index contributed by atoms with van der Waals surface area (Å²) >= 11 is 6.04. The van der Waals surface area contributed by atoms with Crippen molar-refractivity contribution in [2.24, 2.45) is 5.92 Å². The average Bonchev–Trinajstić information content (AvgIpc) is 3.20. The van der Waals surface area contributed by atoms with E-state index < -0.39 is 0 Å². The lowest BCUT2D eigenvalue weighted by atomic mass is 9.78. The number of aromatic nitrogens is 2. The predicted octanol–water partition coefficient (Wildman–Crippen LogP) is 4.88. The predicted molar refractivity (Wildman–Crippen MR) is 96.0 cm³/mol. The van der Waals surface area contributed by atoms with Crippen LogP contribution in [0.25, 0.3) is 5.69 Å². The molecule has 0 saturated heterocycles. The lowest BCUT2D eigenvalue weighted by Crippen LogP contribution is -2.21. The lowest BCUT2D eigenvalue weighted by molar-refractivity contribution is -0.110. The van der Waals surface area contributed by atoms with E-state index in [1.807, 2.05) is 28.9 Å². The van der Waals surface area contributed by atoms with Gasteiger partial charge in [-0.25, -0.2) is 4.68 Å². The van der Waals surface area contributed by atoms with Crippen molar-refractivity contribution in [2.75, 3.05) is 0 Å². The van der Waals surface area contributed by atoms with Gasteiger partial charge in [0.15, 0.2) is 0 Å². The zero-order chi connectivity index (χ0) is 16.5. The topological polar surface area (TPSA) is 34.9 Å². The molecule has 1 heterocycles. The van der Waals surface area contributed by atoms with Crippen molar-refractivity contribution in [3.8, 4) is 5.69 Å². The van der Waals surface area contributed by atoms with E-state index in [2.05, 4.69) is 0 Å². The Bertz CT molecular complexity index is 729. The Morgan fingerprint density at radius 3 is 2.54 bits per heavy atom. The number of rotatable bonds is 4. The summed E-state index contributed by atoms with van der Waals surface area (Å²) in [4.78, 5) is 12.1. The Balaban J connectivity index is 1.80. The number of carbonyl (C=O) groups is 1. The molecule has 24 heavy (non-hydrogen) atoms. The first-order chi connectivity index (χ1) is 11.8. The van der Waals surface area contributed by atoms with Crippen LogP contribution in [-0.4, -0.2) is 16.1 Å². The molecule has 0 N–H and O–H groups in total. The molecule has 0 radical (unpaired) electrons. The summed E-state index contributed by atoms with van der Waals surface area (Å²) in [6, 6.07) is 7.78. The normalized spacial score (nSPS) is 19.2. The van der Waals surface area contributed by atoms with Crippen molar-refractivity contribution < 1.29 is 4.79 Å². The summed E-state index contributed by atoms with van der Waals surface area (Å²) in [6.07, 6.45) is 10.5. The number of fused-ring (bicyclic) bond motifs is 1. The van der Waals surface area contributed by atoms with Crippen LogP contribution in [0.15, 0.2) is 24.3 Å². The molecule has 0 spiro atoms. The van der Waals surface area contributed by atoms with Gasteiger partial charge in [0.1, 0.15) is 6.29 Å². The van der Waals surface area contributed by atoms with Crippen LogP contribution in [0.1, 0.15) is 61.4 Å². The maximum absolute atomic E-state index is 12.1. The molecule has 2 aliphatic rings. The molecule has 2 aliphatic carbocycles. The molecule has 0 aliphatic heterocycles. The van der Waals surface area contributed by atoms with Crippen molar-refractivity contribution >= 4 is 17.9 Å². The molecule has 4 heteroatoms. The van der Waals surface area contributed by atoms with Crippen molar-refractivity contribution in [1.29, 1.82) is 0 Å². The van der Waals surface area contributed by atoms with E-state index in [9.17, 15) is 4.79 Å². The Labute approximate surface area is 148 Å². The number of hydrogen-bond acceptors (Lipinski definition) is 2. The number of hydrogen-bond donors (Lipinski definition) is 0. The number of benzene rings is 1. The second kappa shape index (κ2) is 6.72. The van der Waals surface area contributed by atoms with Crippen LogP contribution < -0.4 is 0 Å². The van der Waals surface area contributed by atoms with Gasteiger partial charge in [-0.1, -0.05) is 30.9 Å². The standard InChI is InChI=1S/C20H23ClN2O/c21-15-9-11-16(12-10-15)23-20(17-7-4-8-19(17)22-23)18(13-24)14-5-2-1-3-6-14/h9-14,18H,1-8H2. The zero-order valence-electron chi connectivity index (χ0n) is 13.9. The Morgan fingerprint density at radius 2 is 1.83 bits per heavy atom. The van der Waals surface area contributed by atoms with Crippen molar-refractivity contribution in [3.63, 3.8) is 0 Å². The summed E-state index contributed by atoms with van der Waals surface area (Å²) < 4.78 is 2.02. The highest BCUT2D eigenvalue weighted by Crippen LogP contribution is 2.39. The van der Waals surface area contributed by atoms with Gasteiger partial charge in [-0.3, -0.25) is 0 Å². The maximum Gasteiger partial charge on any atom is 0.129 e. The first kappa shape index (κ1) is 15.9. The van der Waals surface area contributed by atoms with E-state index in [0.717, 1.165) is 48.5 Å². The molecular formula is C20H23ClN2O. The minimum atomic E-state index is -0.0321. The Hall–Kier alpha value is -1.61. The third kappa shape index (κ3) is 2.79. The van der Waals surface area contributed by atoms with Crippen LogP contribution in [0.3, 0.4) is 0 Å². The second-order valence-corrected chi connectivity index (χ2v) is 7.55. The quantitative estimate of drug-likeness (QED) is 0.742. The second-order valence-electron chi connectivity index (χ2n) is 7.11. The van der Waals surface area contributed by atoms with E-state index in [0.29, 0.717) is 5.92 Å². The van der Waals surface area contributed by atoms with Crippen LogP contribution in [0, 0.1) is 5.92 Å². The van der Waals surface area contributed by atoms with Crippen molar-refractivity contribution in [1.82, 2.24) is 9.78 Å². The number of aryl methyl sites for hydroxylation is 1. The molecule has 2 aromatic rings. The van der Waals surface area contributed by atoms with Gasteiger partial charge in [-0.05, 0) is 67.9 Å². The molecule has 1 unspecified atom stereocenters. The zero-order valence-corrected chi connectivity index (χ0v) is 14.6. The molecule has 1 fully saturated rings. The number of nitrogens with zero attached hydrogens (tertiary/aromatic N) is 2. The van der Waals surface area contributed by atoms with Crippen LogP contribution in [0.2, 0.25) is 5.02 Å².